The predicted molar refractivity (Wildman–Crippen MR) is 129 cm³/mol. The second-order valence-electron chi connectivity index (χ2n) is 8.22. The van der Waals surface area contributed by atoms with Crippen LogP contribution in [-0.4, -0.2) is 44.5 Å². The van der Waals surface area contributed by atoms with Gasteiger partial charge in [0.25, 0.3) is 0 Å². The van der Waals surface area contributed by atoms with Crippen LogP contribution in [0, 0.1) is 11.3 Å². The highest BCUT2D eigenvalue weighted by Crippen LogP contribution is 2.31. The fourth-order valence-corrected chi connectivity index (χ4v) is 4.39. The summed E-state index contributed by atoms with van der Waals surface area (Å²) in [4.78, 5) is 2.48. The Morgan fingerprint density at radius 1 is 1.09 bits per heavy atom. The monoisotopic (exact) mass is 463 g/mol. The largest absolute Gasteiger partial charge is 0.494 e. The number of nitrogen functional groups attached to an aromatic ring is 1. The standard InChI is InChI=1S/C24H25N7O.ClH/c1-32-23-10-18(15-31-24(23)19(11-25)12-28-31)20-13-27-30(16-20)22-6-8-29(9-7-22)14-17-2-4-21(26)5-3-17;/h2-5,10,12-13,15-16,22H,6-9,14,26H2,1H3;1H. The van der Waals surface area contributed by atoms with Crippen LogP contribution < -0.4 is 10.5 Å². The summed E-state index contributed by atoms with van der Waals surface area (Å²) in [5.74, 6) is 0.625. The van der Waals surface area contributed by atoms with Gasteiger partial charge in [0.05, 0.1) is 25.5 Å². The van der Waals surface area contributed by atoms with E-state index in [9.17, 15) is 5.26 Å². The molecule has 0 radical (unpaired) electrons. The summed E-state index contributed by atoms with van der Waals surface area (Å²) in [6.07, 6.45) is 9.57. The first kappa shape index (κ1) is 22.6. The zero-order valence-electron chi connectivity index (χ0n) is 18.4. The maximum atomic E-state index is 9.31. The SMILES string of the molecule is COc1cc(-c2cnn(C3CCN(Cc4ccc(N)cc4)CC3)c2)cn2ncc(C#N)c12.Cl. The van der Waals surface area contributed by atoms with E-state index < -0.39 is 0 Å². The number of likely N-dealkylation sites (tertiary alicyclic amines) is 1. The number of aromatic nitrogens is 4. The third kappa shape index (κ3) is 4.51. The van der Waals surface area contributed by atoms with E-state index in [1.807, 2.05) is 30.6 Å². The molecular formula is C24H26ClN7O. The van der Waals surface area contributed by atoms with Gasteiger partial charge in [0.15, 0.2) is 0 Å². The van der Waals surface area contributed by atoms with Crippen LogP contribution in [0.15, 0.2) is 55.1 Å². The third-order valence-corrected chi connectivity index (χ3v) is 6.17. The Balaban J connectivity index is 0.00000259. The molecule has 2 N–H and O–H groups in total. The van der Waals surface area contributed by atoms with E-state index in [0.29, 0.717) is 22.9 Å². The molecule has 4 heterocycles. The van der Waals surface area contributed by atoms with Crippen molar-refractivity contribution in [3.05, 3.63) is 66.2 Å². The van der Waals surface area contributed by atoms with Gasteiger partial charge in [-0.2, -0.15) is 15.5 Å². The van der Waals surface area contributed by atoms with Gasteiger partial charge in [0, 0.05) is 48.8 Å². The number of nitrogens with two attached hydrogens (primary N) is 1. The lowest BCUT2D eigenvalue weighted by atomic mass is 10.0. The number of nitriles is 1. The normalized spacial score (nSPS) is 14.7. The molecule has 4 aromatic rings. The fourth-order valence-electron chi connectivity index (χ4n) is 4.39. The predicted octanol–water partition coefficient (Wildman–Crippen LogP) is 3.92. The number of pyridine rings is 1. The summed E-state index contributed by atoms with van der Waals surface area (Å²) in [5.41, 5.74) is 11.0. The number of hydrogen-bond acceptors (Lipinski definition) is 6. The van der Waals surface area contributed by atoms with Gasteiger partial charge in [0.1, 0.15) is 22.9 Å². The van der Waals surface area contributed by atoms with Crippen molar-refractivity contribution in [2.75, 3.05) is 25.9 Å². The molecule has 8 nitrogen and oxygen atoms in total. The maximum Gasteiger partial charge on any atom is 0.146 e. The Bertz CT molecular complexity index is 1280. The van der Waals surface area contributed by atoms with Crippen LogP contribution >= 0.6 is 12.4 Å². The quantitative estimate of drug-likeness (QED) is 0.450. The molecule has 0 atom stereocenters. The van der Waals surface area contributed by atoms with E-state index >= 15 is 0 Å². The molecule has 0 bridgehead atoms. The number of anilines is 1. The minimum absolute atomic E-state index is 0. The average molecular weight is 464 g/mol. The topological polar surface area (TPSA) is 97.4 Å². The van der Waals surface area contributed by atoms with Crippen LogP contribution in [0.1, 0.15) is 30.0 Å². The van der Waals surface area contributed by atoms with Crippen LogP contribution in [0.3, 0.4) is 0 Å². The molecule has 1 aromatic carbocycles. The Morgan fingerprint density at radius 2 is 1.85 bits per heavy atom. The molecule has 1 aliphatic rings. The lowest BCUT2D eigenvalue weighted by Gasteiger charge is -2.32. The molecule has 0 unspecified atom stereocenters. The summed E-state index contributed by atoms with van der Waals surface area (Å²) in [5, 5.41) is 18.3. The second-order valence-corrected chi connectivity index (χ2v) is 8.22. The number of fused-ring (bicyclic) bond motifs is 1. The molecule has 1 aliphatic heterocycles. The van der Waals surface area contributed by atoms with Gasteiger partial charge >= 0.3 is 0 Å². The van der Waals surface area contributed by atoms with Gasteiger partial charge in [-0.05, 0) is 36.6 Å². The Morgan fingerprint density at radius 3 is 2.55 bits per heavy atom. The van der Waals surface area contributed by atoms with Gasteiger partial charge in [-0.25, -0.2) is 4.52 Å². The van der Waals surface area contributed by atoms with Crippen molar-refractivity contribution < 1.29 is 4.74 Å². The first-order valence-corrected chi connectivity index (χ1v) is 10.7. The minimum atomic E-state index is 0. The smallest absolute Gasteiger partial charge is 0.146 e. The molecule has 5 rings (SSSR count). The summed E-state index contributed by atoms with van der Waals surface area (Å²) in [6, 6.07) is 12.6. The van der Waals surface area contributed by atoms with Crippen LogP contribution in [0.4, 0.5) is 5.69 Å². The van der Waals surface area contributed by atoms with Gasteiger partial charge in [0.2, 0.25) is 0 Å². The first-order chi connectivity index (χ1) is 15.6. The van der Waals surface area contributed by atoms with E-state index in [1.165, 1.54) is 5.56 Å². The molecule has 1 fully saturated rings. The molecule has 0 aliphatic carbocycles. The maximum absolute atomic E-state index is 9.31. The number of piperidine rings is 1. The van der Waals surface area contributed by atoms with Crippen LogP contribution in [-0.2, 0) is 6.54 Å². The summed E-state index contributed by atoms with van der Waals surface area (Å²) in [7, 11) is 1.61. The number of rotatable bonds is 5. The lowest BCUT2D eigenvalue weighted by Crippen LogP contribution is -2.34. The van der Waals surface area contributed by atoms with Crippen molar-refractivity contribution in [2.24, 2.45) is 0 Å². The Labute approximate surface area is 198 Å². The highest BCUT2D eigenvalue weighted by Gasteiger charge is 2.22. The zero-order chi connectivity index (χ0) is 22.1. The molecule has 9 heteroatoms. The number of nitrogens with zero attached hydrogens (tertiary/aromatic N) is 6. The van der Waals surface area contributed by atoms with E-state index in [4.69, 9.17) is 10.5 Å². The van der Waals surface area contributed by atoms with Crippen molar-refractivity contribution in [1.82, 2.24) is 24.3 Å². The number of methoxy groups -OCH3 is 1. The molecule has 0 amide bonds. The highest BCUT2D eigenvalue weighted by atomic mass is 35.5. The molecule has 33 heavy (non-hydrogen) atoms. The fraction of sp³-hybridized carbons (Fsp3) is 0.292. The molecule has 0 saturated carbocycles. The summed E-state index contributed by atoms with van der Waals surface area (Å²) in [6.45, 7) is 3.02. The van der Waals surface area contributed by atoms with Gasteiger partial charge in [-0.3, -0.25) is 9.58 Å². The first-order valence-electron chi connectivity index (χ1n) is 10.7. The van der Waals surface area contributed by atoms with Crippen molar-refractivity contribution in [3.8, 4) is 22.9 Å². The van der Waals surface area contributed by atoms with E-state index in [1.54, 1.807) is 17.8 Å². The van der Waals surface area contributed by atoms with E-state index in [-0.39, 0.29) is 12.4 Å². The third-order valence-electron chi connectivity index (χ3n) is 6.17. The molecule has 3 aromatic heterocycles. The number of hydrogen-bond donors (Lipinski definition) is 1. The molecule has 170 valence electrons. The zero-order valence-corrected chi connectivity index (χ0v) is 19.2. The minimum Gasteiger partial charge on any atom is -0.494 e. The van der Waals surface area contributed by atoms with Crippen LogP contribution in [0.5, 0.6) is 5.75 Å². The van der Waals surface area contributed by atoms with Crippen molar-refractivity contribution in [2.45, 2.75) is 25.4 Å². The Kier molecular flexibility index (Phi) is 6.54. The highest BCUT2D eigenvalue weighted by molar-refractivity contribution is 5.85. The summed E-state index contributed by atoms with van der Waals surface area (Å²) < 4.78 is 9.30. The average Bonchev–Trinajstić information content (AvgIpc) is 3.48. The second kappa shape index (κ2) is 9.53. The molecule has 0 spiro atoms. The lowest BCUT2D eigenvalue weighted by molar-refractivity contribution is 0.173. The number of benzene rings is 1. The van der Waals surface area contributed by atoms with Crippen molar-refractivity contribution >= 4 is 23.6 Å². The van der Waals surface area contributed by atoms with Crippen LogP contribution in [0.25, 0.3) is 16.6 Å². The van der Waals surface area contributed by atoms with Gasteiger partial charge in [-0.1, -0.05) is 12.1 Å². The summed E-state index contributed by atoms with van der Waals surface area (Å²) >= 11 is 0. The number of halogens is 1. The molecule has 1 saturated heterocycles. The Hall–Kier alpha value is -3.54. The van der Waals surface area contributed by atoms with Gasteiger partial charge in [-0.15, -0.1) is 12.4 Å². The van der Waals surface area contributed by atoms with Crippen molar-refractivity contribution in [3.63, 3.8) is 0 Å². The number of ether oxygens (including phenoxy) is 1. The van der Waals surface area contributed by atoms with Crippen molar-refractivity contribution in [1.29, 1.82) is 5.26 Å². The van der Waals surface area contributed by atoms with E-state index in [0.717, 1.165) is 49.3 Å². The molecular weight excluding hydrogens is 438 g/mol. The van der Waals surface area contributed by atoms with Gasteiger partial charge < -0.3 is 10.5 Å². The van der Waals surface area contributed by atoms with Crippen LogP contribution in [0.2, 0.25) is 0 Å². The van der Waals surface area contributed by atoms with E-state index in [2.05, 4.69) is 44.2 Å².